The molecule has 66 valence electrons. The third kappa shape index (κ3) is 2.06. The van der Waals surface area contributed by atoms with Gasteiger partial charge in [0.05, 0.1) is 12.9 Å². The van der Waals surface area contributed by atoms with Crippen LogP contribution in [0.5, 0.6) is 0 Å². The van der Waals surface area contributed by atoms with E-state index in [1.807, 2.05) is 0 Å². The molecule has 0 radical (unpaired) electrons. The minimum atomic E-state index is -0.966. The van der Waals surface area contributed by atoms with E-state index in [2.05, 4.69) is 4.98 Å². The summed E-state index contributed by atoms with van der Waals surface area (Å²) in [5.74, 6) is -0.966. The monoisotopic (exact) mass is 170 g/mol. The second-order valence-electron chi connectivity index (χ2n) is 2.32. The molecule has 0 aromatic carbocycles. The van der Waals surface area contributed by atoms with Gasteiger partial charge in [-0.2, -0.15) is 0 Å². The summed E-state index contributed by atoms with van der Waals surface area (Å²) >= 11 is 0. The number of aliphatic carboxylic acids is 1. The molecule has 1 N–H and O–H groups in total. The zero-order valence-electron chi connectivity index (χ0n) is 6.67. The van der Waals surface area contributed by atoms with Crippen molar-refractivity contribution < 1.29 is 14.6 Å². The molecule has 5 nitrogen and oxygen atoms in total. The Hall–Kier alpha value is -1.36. The van der Waals surface area contributed by atoms with Gasteiger partial charge in [-0.1, -0.05) is 0 Å². The molecule has 1 rings (SSSR count). The number of rotatable bonds is 4. The van der Waals surface area contributed by atoms with Gasteiger partial charge in [0.2, 0.25) is 0 Å². The predicted molar refractivity (Wildman–Crippen MR) is 40.7 cm³/mol. The number of carboxylic acid groups (broad SMARTS) is 1. The molecule has 0 saturated heterocycles. The molecule has 0 bridgehead atoms. The van der Waals surface area contributed by atoms with Crippen LogP contribution in [0, 0.1) is 0 Å². The summed E-state index contributed by atoms with van der Waals surface area (Å²) in [6, 6.07) is 0. The van der Waals surface area contributed by atoms with E-state index in [4.69, 9.17) is 9.84 Å². The molecule has 0 amide bonds. The average molecular weight is 170 g/mol. The first-order valence-corrected chi connectivity index (χ1v) is 3.45. The van der Waals surface area contributed by atoms with Crippen LogP contribution in [0.2, 0.25) is 0 Å². The van der Waals surface area contributed by atoms with Crippen LogP contribution < -0.4 is 0 Å². The second-order valence-corrected chi connectivity index (χ2v) is 2.32. The van der Waals surface area contributed by atoms with E-state index in [1.165, 1.54) is 7.11 Å². The van der Waals surface area contributed by atoms with Gasteiger partial charge in [-0.15, -0.1) is 0 Å². The van der Waals surface area contributed by atoms with Crippen molar-refractivity contribution in [2.24, 2.45) is 0 Å². The molecule has 1 heterocycles. The zero-order valence-corrected chi connectivity index (χ0v) is 6.67. The van der Waals surface area contributed by atoms with Gasteiger partial charge in [-0.05, 0) is 0 Å². The summed E-state index contributed by atoms with van der Waals surface area (Å²) < 4.78 is 6.39. The van der Waals surface area contributed by atoms with Crippen molar-refractivity contribution in [3.63, 3.8) is 0 Å². The van der Waals surface area contributed by atoms with Crippen molar-refractivity contribution in [1.82, 2.24) is 9.55 Å². The van der Waals surface area contributed by atoms with Crippen LogP contribution in [0.1, 0.15) is 0 Å². The summed E-state index contributed by atoms with van der Waals surface area (Å²) in [7, 11) is 1.37. The number of nitrogens with zero attached hydrogens (tertiary/aromatic N) is 2. The minimum Gasteiger partial charge on any atom is -0.479 e. The topological polar surface area (TPSA) is 64.4 Å². The predicted octanol–water partition coefficient (Wildman–Crippen LogP) is -0.0173. The lowest BCUT2D eigenvalue weighted by Gasteiger charge is -2.09. The number of ether oxygens (including phenoxy) is 1. The number of carbonyl (C=O) groups is 1. The number of aromatic nitrogens is 2. The van der Waals surface area contributed by atoms with Gasteiger partial charge < -0.3 is 14.4 Å². The first kappa shape index (κ1) is 8.73. The fourth-order valence-corrected chi connectivity index (χ4v) is 0.840. The maximum atomic E-state index is 10.5. The van der Waals surface area contributed by atoms with E-state index >= 15 is 0 Å². The van der Waals surface area contributed by atoms with Crippen LogP contribution in [0.4, 0.5) is 0 Å². The molecule has 1 aromatic heterocycles. The van der Waals surface area contributed by atoms with Crippen molar-refractivity contribution in [2.75, 3.05) is 7.11 Å². The molecule has 1 atom stereocenters. The Morgan fingerprint density at radius 2 is 2.58 bits per heavy atom. The highest BCUT2D eigenvalue weighted by atomic mass is 16.5. The van der Waals surface area contributed by atoms with E-state index in [0.29, 0.717) is 0 Å². The van der Waals surface area contributed by atoms with Crippen LogP contribution in [-0.4, -0.2) is 33.8 Å². The molecule has 5 heteroatoms. The van der Waals surface area contributed by atoms with Crippen LogP contribution in [-0.2, 0) is 16.1 Å². The second kappa shape index (κ2) is 3.87. The van der Waals surface area contributed by atoms with E-state index in [1.54, 1.807) is 23.3 Å². The Labute approximate surface area is 69.6 Å². The summed E-state index contributed by atoms with van der Waals surface area (Å²) in [6.45, 7) is 0.284. The summed E-state index contributed by atoms with van der Waals surface area (Å²) in [5.41, 5.74) is 0. The third-order valence-electron chi connectivity index (χ3n) is 1.50. The number of hydrogen-bond acceptors (Lipinski definition) is 3. The lowest BCUT2D eigenvalue weighted by Crippen LogP contribution is -2.27. The Kier molecular flexibility index (Phi) is 2.82. The first-order chi connectivity index (χ1) is 5.74. The van der Waals surface area contributed by atoms with Crippen molar-refractivity contribution in [3.05, 3.63) is 18.7 Å². The largest absolute Gasteiger partial charge is 0.479 e. The molecule has 0 aliphatic rings. The van der Waals surface area contributed by atoms with Crippen LogP contribution in [0.25, 0.3) is 0 Å². The summed E-state index contributed by atoms with van der Waals surface area (Å²) in [6.07, 6.45) is 4.03. The van der Waals surface area contributed by atoms with Crippen LogP contribution >= 0.6 is 0 Å². The summed E-state index contributed by atoms with van der Waals surface area (Å²) in [4.78, 5) is 14.3. The maximum Gasteiger partial charge on any atom is 0.334 e. The highest BCUT2D eigenvalue weighted by molar-refractivity contribution is 5.72. The smallest absolute Gasteiger partial charge is 0.334 e. The third-order valence-corrected chi connectivity index (χ3v) is 1.50. The van der Waals surface area contributed by atoms with Gasteiger partial charge in [0.25, 0.3) is 0 Å². The molecule has 1 unspecified atom stereocenters. The van der Waals surface area contributed by atoms with E-state index in [0.717, 1.165) is 0 Å². The fraction of sp³-hybridized carbons (Fsp3) is 0.429. The van der Waals surface area contributed by atoms with Crippen molar-refractivity contribution in [2.45, 2.75) is 12.6 Å². The lowest BCUT2D eigenvalue weighted by atomic mass is 10.3. The standard InChI is InChI=1S/C7H10N2O3/c1-12-6(7(10)11)4-9-3-2-8-5-9/h2-3,5-6H,4H2,1H3,(H,10,11). The Morgan fingerprint density at radius 3 is 3.00 bits per heavy atom. The van der Waals surface area contributed by atoms with Gasteiger partial charge in [0.15, 0.2) is 6.10 Å². The van der Waals surface area contributed by atoms with Crippen molar-refractivity contribution >= 4 is 5.97 Å². The quantitative estimate of drug-likeness (QED) is 0.689. The van der Waals surface area contributed by atoms with Gasteiger partial charge in [-0.3, -0.25) is 0 Å². The zero-order chi connectivity index (χ0) is 8.97. The average Bonchev–Trinajstić information content (AvgIpc) is 2.51. The minimum absolute atomic E-state index is 0.284. The van der Waals surface area contributed by atoms with Gasteiger partial charge in [-0.25, -0.2) is 9.78 Å². The van der Waals surface area contributed by atoms with Crippen molar-refractivity contribution in [3.8, 4) is 0 Å². The SMILES string of the molecule is COC(Cn1ccnc1)C(=O)O. The van der Waals surface area contributed by atoms with Gasteiger partial charge in [0.1, 0.15) is 0 Å². The van der Waals surface area contributed by atoms with Crippen LogP contribution in [0.3, 0.4) is 0 Å². The molecule has 0 aliphatic heterocycles. The molecule has 0 saturated carbocycles. The fourth-order valence-electron chi connectivity index (χ4n) is 0.840. The molecule has 0 spiro atoms. The number of carboxylic acids is 1. The molecular weight excluding hydrogens is 160 g/mol. The van der Waals surface area contributed by atoms with Gasteiger partial charge >= 0.3 is 5.97 Å². The van der Waals surface area contributed by atoms with E-state index < -0.39 is 12.1 Å². The Morgan fingerprint density at radius 1 is 1.83 bits per heavy atom. The van der Waals surface area contributed by atoms with E-state index in [-0.39, 0.29) is 6.54 Å². The Balaban J connectivity index is 2.54. The highest BCUT2D eigenvalue weighted by Gasteiger charge is 2.15. The highest BCUT2D eigenvalue weighted by Crippen LogP contribution is 1.96. The maximum absolute atomic E-state index is 10.5. The number of imidazole rings is 1. The van der Waals surface area contributed by atoms with Crippen LogP contribution in [0.15, 0.2) is 18.7 Å². The molecule has 1 aromatic rings. The molecular formula is C7H10N2O3. The normalized spacial score (nSPS) is 12.8. The lowest BCUT2D eigenvalue weighted by molar-refractivity contribution is -0.149. The number of methoxy groups -OCH3 is 1. The molecule has 0 aliphatic carbocycles. The number of hydrogen-bond donors (Lipinski definition) is 1. The van der Waals surface area contributed by atoms with E-state index in [9.17, 15) is 4.79 Å². The molecule has 0 fully saturated rings. The van der Waals surface area contributed by atoms with Crippen molar-refractivity contribution in [1.29, 1.82) is 0 Å². The Bertz CT molecular complexity index is 245. The first-order valence-electron chi connectivity index (χ1n) is 3.45. The molecule has 12 heavy (non-hydrogen) atoms. The summed E-state index contributed by atoms with van der Waals surface area (Å²) in [5, 5.41) is 8.61. The van der Waals surface area contributed by atoms with Gasteiger partial charge in [0, 0.05) is 19.5 Å².